The fourth-order valence-corrected chi connectivity index (χ4v) is 2.06. The molecule has 0 atom stereocenters. The van der Waals surface area contributed by atoms with E-state index in [1.165, 1.54) is 11.8 Å². The molecule has 1 fully saturated rings. The Kier molecular flexibility index (Phi) is 5.11. The van der Waals surface area contributed by atoms with Gasteiger partial charge in [-0.25, -0.2) is 4.68 Å². The highest BCUT2D eigenvalue weighted by Crippen LogP contribution is 2.11. The first-order chi connectivity index (χ1) is 9.70. The maximum absolute atomic E-state index is 12.0. The van der Waals surface area contributed by atoms with E-state index in [1.54, 1.807) is 12.3 Å². The van der Waals surface area contributed by atoms with Gasteiger partial charge in [0, 0.05) is 32.1 Å². The van der Waals surface area contributed by atoms with Crippen molar-refractivity contribution < 1.29 is 14.3 Å². The van der Waals surface area contributed by atoms with Crippen molar-refractivity contribution in [3.05, 3.63) is 22.6 Å². The Hall–Kier alpha value is -1.89. The molecule has 2 heterocycles. The maximum Gasteiger partial charge on any atom is 0.305 e. The molecule has 0 aliphatic carbocycles. The Balaban J connectivity index is 1.95. The maximum atomic E-state index is 12.0. The van der Waals surface area contributed by atoms with Crippen LogP contribution in [0.15, 0.2) is 17.1 Å². The van der Waals surface area contributed by atoms with Crippen LogP contribution in [0.2, 0.25) is 0 Å². The zero-order valence-corrected chi connectivity index (χ0v) is 11.6. The molecule has 20 heavy (non-hydrogen) atoms. The zero-order valence-electron chi connectivity index (χ0n) is 11.6. The minimum atomic E-state index is -0.275. The second-order valence-corrected chi connectivity index (χ2v) is 4.55. The largest absolute Gasteiger partial charge is 0.469 e. The van der Waals surface area contributed by atoms with Gasteiger partial charge in [-0.1, -0.05) is 0 Å². The first kappa shape index (κ1) is 14.5. The summed E-state index contributed by atoms with van der Waals surface area (Å²) in [4.78, 5) is 25.0. The molecule has 7 heteroatoms. The number of esters is 1. The standard InChI is InChI=1S/C13H19N3O4/c1-19-13(18)3-2-4-16-12(17)9-11(10-14-16)15-5-7-20-8-6-15/h9-10H,2-8H2,1H3. The quantitative estimate of drug-likeness (QED) is 0.709. The molecule has 0 unspecified atom stereocenters. The van der Waals surface area contributed by atoms with Gasteiger partial charge in [-0.05, 0) is 6.42 Å². The van der Waals surface area contributed by atoms with E-state index in [1.807, 2.05) is 0 Å². The van der Waals surface area contributed by atoms with Crippen molar-refractivity contribution in [2.45, 2.75) is 19.4 Å². The Morgan fingerprint density at radius 2 is 2.20 bits per heavy atom. The monoisotopic (exact) mass is 281 g/mol. The molecule has 0 bridgehead atoms. The van der Waals surface area contributed by atoms with Crippen molar-refractivity contribution in [3.8, 4) is 0 Å². The summed E-state index contributed by atoms with van der Waals surface area (Å²) in [7, 11) is 1.35. The van der Waals surface area contributed by atoms with Crippen molar-refractivity contribution >= 4 is 11.7 Å². The van der Waals surface area contributed by atoms with Gasteiger partial charge in [0.05, 0.1) is 32.2 Å². The second-order valence-electron chi connectivity index (χ2n) is 4.55. The van der Waals surface area contributed by atoms with Gasteiger partial charge < -0.3 is 14.4 Å². The smallest absolute Gasteiger partial charge is 0.305 e. The summed E-state index contributed by atoms with van der Waals surface area (Å²) in [6.07, 6.45) is 2.51. The van der Waals surface area contributed by atoms with E-state index < -0.39 is 0 Å². The average molecular weight is 281 g/mol. The second kappa shape index (κ2) is 7.04. The number of nitrogens with zero attached hydrogens (tertiary/aromatic N) is 3. The number of rotatable bonds is 5. The average Bonchev–Trinajstić information content (AvgIpc) is 2.49. The van der Waals surface area contributed by atoms with Crippen LogP contribution in [-0.4, -0.2) is 49.2 Å². The number of ether oxygens (including phenoxy) is 2. The number of hydrogen-bond donors (Lipinski definition) is 0. The van der Waals surface area contributed by atoms with Crippen molar-refractivity contribution in [1.29, 1.82) is 0 Å². The van der Waals surface area contributed by atoms with Crippen molar-refractivity contribution in [2.75, 3.05) is 38.3 Å². The minimum Gasteiger partial charge on any atom is -0.469 e. The van der Waals surface area contributed by atoms with Crippen molar-refractivity contribution in [1.82, 2.24) is 9.78 Å². The van der Waals surface area contributed by atoms with E-state index in [9.17, 15) is 9.59 Å². The third-order valence-corrected chi connectivity index (χ3v) is 3.21. The highest BCUT2D eigenvalue weighted by Gasteiger charge is 2.12. The predicted octanol–water partition coefficient (Wildman–Crippen LogP) is 0.0331. The van der Waals surface area contributed by atoms with Gasteiger partial charge in [0.25, 0.3) is 5.56 Å². The van der Waals surface area contributed by atoms with Crippen LogP contribution in [0.4, 0.5) is 5.69 Å². The summed E-state index contributed by atoms with van der Waals surface area (Å²) >= 11 is 0. The molecule has 1 aliphatic heterocycles. The molecular formula is C13H19N3O4. The zero-order chi connectivity index (χ0) is 14.4. The molecule has 1 aromatic heterocycles. The number of aromatic nitrogens is 2. The lowest BCUT2D eigenvalue weighted by molar-refractivity contribution is -0.140. The fraction of sp³-hybridized carbons (Fsp3) is 0.615. The van der Waals surface area contributed by atoms with E-state index in [4.69, 9.17) is 4.74 Å². The molecule has 1 saturated heterocycles. The molecule has 110 valence electrons. The highest BCUT2D eigenvalue weighted by atomic mass is 16.5. The number of anilines is 1. The van der Waals surface area contributed by atoms with Crippen LogP contribution >= 0.6 is 0 Å². The lowest BCUT2D eigenvalue weighted by Gasteiger charge is -2.28. The minimum absolute atomic E-state index is 0.154. The van der Waals surface area contributed by atoms with Gasteiger partial charge in [-0.15, -0.1) is 0 Å². The number of aryl methyl sites for hydroxylation is 1. The highest BCUT2D eigenvalue weighted by molar-refractivity contribution is 5.68. The van der Waals surface area contributed by atoms with Crippen LogP contribution in [0.25, 0.3) is 0 Å². The number of carbonyl (C=O) groups excluding carboxylic acids is 1. The van der Waals surface area contributed by atoms with Crippen LogP contribution in [0.1, 0.15) is 12.8 Å². The lowest BCUT2D eigenvalue weighted by Crippen LogP contribution is -2.37. The topological polar surface area (TPSA) is 73.7 Å². The molecule has 0 N–H and O–H groups in total. The summed E-state index contributed by atoms with van der Waals surface area (Å²) in [6, 6.07) is 1.58. The first-order valence-electron chi connectivity index (χ1n) is 6.67. The third-order valence-electron chi connectivity index (χ3n) is 3.21. The van der Waals surface area contributed by atoms with Crippen LogP contribution in [0, 0.1) is 0 Å². The van der Waals surface area contributed by atoms with Crippen molar-refractivity contribution in [2.24, 2.45) is 0 Å². The van der Waals surface area contributed by atoms with Crippen LogP contribution in [0.3, 0.4) is 0 Å². The molecule has 1 aliphatic rings. The van der Waals surface area contributed by atoms with Crippen molar-refractivity contribution in [3.63, 3.8) is 0 Å². The summed E-state index contributed by atoms with van der Waals surface area (Å²) in [5, 5.41) is 4.15. The van der Waals surface area contributed by atoms with Crippen LogP contribution in [-0.2, 0) is 20.8 Å². The molecule has 0 saturated carbocycles. The Labute approximate surface area is 117 Å². The van der Waals surface area contributed by atoms with Crippen LogP contribution in [0.5, 0.6) is 0 Å². The van der Waals surface area contributed by atoms with E-state index in [2.05, 4.69) is 14.7 Å². The Bertz CT molecular complexity index is 509. The fourth-order valence-electron chi connectivity index (χ4n) is 2.06. The third kappa shape index (κ3) is 3.80. The molecule has 1 aromatic rings. The summed E-state index contributed by atoms with van der Waals surface area (Å²) in [6.45, 7) is 3.29. The number of morpholine rings is 1. The van der Waals surface area contributed by atoms with E-state index in [0.29, 0.717) is 26.2 Å². The van der Waals surface area contributed by atoms with Gasteiger partial charge in [0.1, 0.15) is 0 Å². The van der Waals surface area contributed by atoms with E-state index in [0.717, 1.165) is 18.8 Å². The lowest BCUT2D eigenvalue weighted by atomic mass is 10.3. The molecule has 0 amide bonds. The summed E-state index contributed by atoms with van der Waals surface area (Å²) < 4.78 is 11.2. The summed E-state index contributed by atoms with van der Waals surface area (Å²) in [5.41, 5.74) is 0.668. The van der Waals surface area contributed by atoms with E-state index >= 15 is 0 Å². The predicted molar refractivity (Wildman–Crippen MR) is 72.8 cm³/mol. The normalized spacial score (nSPS) is 15.2. The van der Waals surface area contributed by atoms with Gasteiger partial charge in [0.15, 0.2) is 0 Å². The van der Waals surface area contributed by atoms with Gasteiger partial charge >= 0.3 is 5.97 Å². The van der Waals surface area contributed by atoms with Gasteiger partial charge in [-0.3, -0.25) is 9.59 Å². The Morgan fingerprint density at radius 1 is 1.45 bits per heavy atom. The SMILES string of the molecule is COC(=O)CCCn1ncc(N2CCOCC2)cc1=O. The summed E-state index contributed by atoms with van der Waals surface area (Å²) in [5.74, 6) is -0.275. The van der Waals surface area contributed by atoms with Crippen LogP contribution < -0.4 is 10.5 Å². The molecule has 0 spiro atoms. The molecule has 0 aromatic carbocycles. The first-order valence-corrected chi connectivity index (χ1v) is 6.67. The van der Waals surface area contributed by atoms with E-state index in [-0.39, 0.29) is 17.9 Å². The van der Waals surface area contributed by atoms with Gasteiger partial charge in [-0.2, -0.15) is 5.10 Å². The number of hydrogen-bond acceptors (Lipinski definition) is 6. The molecular weight excluding hydrogens is 262 g/mol. The Morgan fingerprint density at radius 3 is 2.85 bits per heavy atom. The number of methoxy groups -OCH3 is 1. The molecule has 2 rings (SSSR count). The van der Waals surface area contributed by atoms with Gasteiger partial charge in [0.2, 0.25) is 0 Å². The molecule has 0 radical (unpaired) electrons. The molecule has 7 nitrogen and oxygen atoms in total. The number of carbonyl (C=O) groups is 1.